The summed E-state index contributed by atoms with van der Waals surface area (Å²) in [5, 5.41) is 5.87. The Morgan fingerprint density at radius 1 is 1.44 bits per heavy atom. The van der Waals surface area contributed by atoms with Gasteiger partial charge < -0.3 is 15.5 Å². The Hall–Kier alpha value is -1.62. The molecule has 0 spiro atoms. The van der Waals surface area contributed by atoms with Gasteiger partial charge >= 0.3 is 0 Å². The van der Waals surface area contributed by atoms with Crippen molar-refractivity contribution in [2.75, 3.05) is 25.0 Å². The number of carbonyl (C=O) groups is 1. The largest absolute Gasteiger partial charge is 0.368 e. The zero-order valence-electron chi connectivity index (χ0n) is 10.2. The van der Waals surface area contributed by atoms with Crippen LogP contribution >= 0.6 is 0 Å². The van der Waals surface area contributed by atoms with Crippen LogP contribution in [0.4, 0.5) is 10.1 Å². The van der Waals surface area contributed by atoms with Crippen LogP contribution in [0.2, 0.25) is 0 Å². The summed E-state index contributed by atoms with van der Waals surface area (Å²) < 4.78 is 13.8. The number of halogens is 1. The first-order valence-electron chi connectivity index (χ1n) is 6.20. The first-order chi connectivity index (χ1) is 8.67. The van der Waals surface area contributed by atoms with Gasteiger partial charge in [-0.1, -0.05) is 0 Å². The number of carbonyl (C=O) groups excluding carboxylic acids is 1. The zero-order valence-corrected chi connectivity index (χ0v) is 10.2. The highest BCUT2D eigenvalue weighted by atomic mass is 19.1. The first-order valence-corrected chi connectivity index (χ1v) is 6.20. The number of hydrogen-bond donors (Lipinski definition) is 2. The summed E-state index contributed by atoms with van der Waals surface area (Å²) in [5.41, 5.74) is 0.956. The molecule has 3 saturated heterocycles. The lowest BCUT2D eigenvalue weighted by atomic mass is 9.91. The third-order valence-electron chi connectivity index (χ3n) is 3.71. The molecule has 0 aliphatic carbocycles. The fourth-order valence-corrected chi connectivity index (χ4v) is 2.74. The predicted molar refractivity (Wildman–Crippen MR) is 67.3 cm³/mol. The molecule has 0 saturated carbocycles. The monoisotopic (exact) mass is 249 g/mol. The maximum Gasteiger partial charge on any atom is 0.253 e. The van der Waals surface area contributed by atoms with Gasteiger partial charge in [0, 0.05) is 37.9 Å². The lowest BCUT2D eigenvalue weighted by Crippen LogP contribution is -2.67. The lowest BCUT2D eigenvalue weighted by Gasteiger charge is -2.49. The maximum absolute atomic E-state index is 13.8. The van der Waals surface area contributed by atoms with Crippen molar-refractivity contribution in [2.45, 2.75) is 18.5 Å². The van der Waals surface area contributed by atoms with Crippen LogP contribution in [0.25, 0.3) is 0 Å². The van der Waals surface area contributed by atoms with Crippen LogP contribution in [0.3, 0.4) is 0 Å². The van der Waals surface area contributed by atoms with Crippen LogP contribution in [0.1, 0.15) is 16.8 Å². The standard InChI is InChI=1S/C13H16FN3O/c1-15-13(18)11-3-2-10(5-12(11)14)17-6-8-4-9(7-17)16-8/h2-3,5,8-9,16H,4,6-7H2,1H3,(H,15,18). The van der Waals surface area contributed by atoms with E-state index in [2.05, 4.69) is 15.5 Å². The Kier molecular flexibility index (Phi) is 2.70. The molecule has 3 heterocycles. The molecule has 2 N–H and O–H groups in total. The number of hydrogen-bond acceptors (Lipinski definition) is 3. The van der Waals surface area contributed by atoms with Gasteiger partial charge in [0.25, 0.3) is 5.91 Å². The van der Waals surface area contributed by atoms with E-state index in [1.54, 1.807) is 6.07 Å². The van der Waals surface area contributed by atoms with Gasteiger partial charge in [0.1, 0.15) is 5.82 Å². The van der Waals surface area contributed by atoms with Crippen LogP contribution in [0.15, 0.2) is 18.2 Å². The van der Waals surface area contributed by atoms with Crippen LogP contribution in [-0.4, -0.2) is 38.1 Å². The van der Waals surface area contributed by atoms with E-state index in [1.165, 1.54) is 19.5 Å². The van der Waals surface area contributed by atoms with E-state index >= 15 is 0 Å². The maximum atomic E-state index is 13.8. The molecule has 3 aliphatic heterocycles. The van der Waals surface area contributed by atoms with Gasteiger partial charge in [0.15, 0.2) is 0 Å². The second kappa shape index (κ2) is 4.24. The van der Waals surface area contributed by atoms with E-state index in [0.29, 0.717) is 12.1 Å². The highest BCUT2D eigenvalue weighted by Gasteiger charge is 2.36. The van der Waals surface area contributed by atoms with Crippen molar-refractivity contribution in [3.8, 4) is 0 Å². The minimum atomic E-state index is -0.459. The summed E-state index contributed by atoms with van der Waals surface area (Å²) in [7, 11) is 1.50. The summed E-state index contributed by atoms with van der Waals surface area (Å²) in [5.74, 6) is -0.846. The molecule has 5 heteroatoms. The third kappa shape index (κ3) is 1.84. The second-order valence-electron chi connectivity index (χ2n) is 4.94. The molecule has 1 amide bonds. The third-order valence-corrected chi connectivity index (χ3v) is 3.71. The van der Waals surface area contributed by atoms with Gasteiger partial charge in [-0.25, -0.2) is 4.39 Å². The Morgan fingerprint density at radius 2 is 2.11 bits per heavy atom. The molecular formula is C13H16FN3O. The van der Waals surface area contributed by atoms with E-state index in [9.17, 15) is 9.18 Å². The normalized spacial score (nSPS) is 25.6. The van der Waals surface area contributed by atoms with E-state index in [4.69, 9.17) is 0 Å². The molecule has 3 aliphatic rings. The number of piperidine rings is 1. The van der Waals surface area contributed by atoms with Gasteiger partial charge in [0.05, 0.1) is 5.56 Å². The Morgan fingerprint density at radius 3 is 2.67 bits per heavy atom. The highest BCUT2D eigenvalue weighted by molar-refractivity contribution is 5.94. The average molecular weight is 249 g/mol. The SMILES string of the molecule is CNC(=O)c1ccc(N2CC3CC(C2)N3)cc1F. The number of benzene rings is 1. The molecule has 2 unspecified atom stereocenters. The number of nitrogens with zero attached hydrogens (tertiary/aromatic N) is 1. The number of piperazine rings is 1. The van der Waals surface area contributed by atoms with Crippen molar-refractivity contribution in [2.24, 2.45) is 0 Å². The fraction of sp³-hybridized carbons (Fsp3) is 0.462. The van der Waals surface area contributed by atoms with E-state index in [1.807, 2.05) is 6.07 Å². The molecule has 2 atom stereocenters. The summed E-state index contributed by atoms with van der Waals surface area (Å²) in [4.78, 5) is 13.6. The van der Waals surface area contributed by atoms with Crippen molar-refractivity contribution in [1.29, 1.82) is 0 Å². The number of fused-ring (bicyclic) bond motifs is 2. The number of amides is 1. The minimum Gasteiger partial charge on any atom is -0.368 e. The van der Waals surface area contributed by atoms with Crippen molar-refractivity contribution in [3.63, 3.8) is 0 Å². The smallest absolute Gasteiger partial charge is 0.253 e. The second-order valence-corrected chi connectivity index (χ2v) is 4.94. The van der Waals surface area contributed by atoms with Crippen molar-refractivity contribution in [1.82, 2.24) is 10.6 Å². The van der Waals surface area contributed by atoms with Crippen molar-refractivity contribution < 1.29 is 9.18 Å². The molecule has 4 nitrogen and oxygen atoms in total. The Bertz CT molecular complexity index is 475. The first kappa shape index (κ1) is 11.5. The molecule has 0 aromatic heterocycles. The Balaban J connectivity index is 1.81. The van der Waals surface area contributed by atoms with Crippen LogP contribution in [0, 0.1) is 5.82 Å². The van der Waals surface area contributed by atoms with Gasteiger partial charge in [-0.2, -0.15) is 0 Å². The zero-order chi connectivity index (χ0) is 12.7. The summed E-state index contributed by atoms with van der Waals surface area (Å²) >= 11 is 0. The fourth-order valence-electron chi connectivity index (χ4n) is 2.74. The quantitative estimate of drug-likeness (QED) is 0.812. The van der Waals surface area contributed by atoms with Gasteiger partial charge in [0.2, 0.25) is 0 Å². The predicted octanol–water partition coefficient (Wildman–Crippen LogP) is 0.736. The number of nitrogens with one attached hydrogen (secondary N) is 2. The molecule has 0 radical (unpaired) electrons. The summed E-state index contributed by atoms with van der Waals surface area (Å²) in [6, 6.07) is 5.89. The molecular weight excluding hydrogens is 233 g/mol. The molecule has 1 aromatic carbocycles. The van der Waals surface area contributed by atoms with E-state index < -0.39 is 5.82 Å². The minimum absolute atomic E-state index is 0.0987. The van der Waals surface area contributed by atoms with Gasteiger partial charge in [-0.15, -0.1) is 0 Å². The number of rotatable bonds is 2. The van der Waals surface area contributed by atoms with Crippen LogP contribution in [-0.2, 0) is 0 Å². The van der Waals surface area contributed by atoms with E-state index in [-0.39, 0.29) is 11.5 Å². The Labute approximate surface area is 105 Å². The summed E-state index contributed by atoms with van der Waals surface area (Å²) in [6.45, 7) is 1.82. The van der Waals surface area contributed by atoms with E-state index in [0.717, 1.165) is 18.8 Å². The highest BCUT2D eigenvalue weighted by Crippen LogP contribution is 2.27. The summed E-state index contributed by atoms with van der Waals surface area (Å²) in [6.07, 6.45) is 1.22. The lowest BCUT2D eigenvalue weighted by molar-refractivity contribution is 0.0959. The van der Waals surface area contributed by atoms with Crippen LogP contribution in [0.5, 0.6) is 0 Å². The molecule has 1 aromatic rings. The van der Waals surface area contributed by atoms with Gasteiger partial charge in [-0.3, -0.25) is 4.79 Å². The molecule has 3 fully saturated rings. The van der Waals surface area contributed by atoms with Crippen molar-refractivity contribution in [3.05, 3.63) is 29.6 Å². The number of anilines is 1. The van der Waals surface area contributed by atoms with Crippen LogP contribution < -0.4 is 15.5 Å². The molecule has 96 valence electrons. The van der Waals surface area contributed by atoms with Crippen molar-refractivity contribution >= 4 is 11.6 Å². The molecule has 2 bridgehead atoms. The molecule has 4 rings (SSSR count). The van der Waals surface area contributed by atoms with Gasteiger partial charge in [-0.05, 0) is 24.6 Å². The average Bonchev–Trinajstić information content (AvgIpc) is 2.37. The molecule has 18 heavy (non-hydrogen) atoms. The topological polar surface area (TPSA) is 44.4 Å².